The van der Waals surface area contributed by atoms with Crippen molar-refractivity contribution in [2.24, 2.45) is 0 Å². The number of aromatic nitrogens is 4. The molecule has 294 valence electrons. The van der Waals surface area contributed by atoms with E-state index in [4.69, 9.17) is 23.8 Å². The molecule has 0 N–H and O–H groups in total. The van der Waals surface area contributed by atoms with Gasteiger partial charge in [-0.1, -0.05) is 152 Å². The highest BCUT2D eigenvalue weighted by atomic mass is 16.3. The van der Waals surface area contributed by atoms with Crippen LogP contribution in [0.3, 0.4) is 0 Å². The highest BCUT2D eigenvalue weighted by molar-refractivity contribution is 6.17. The Kier molecular flexibility index (Phi) is 7.80. The zero-order chi connectivity index (χ0) is 41.4. The van der Waals surface area contributed by atoms with Crippen molar-refractivity contribution < 1.29 is 8.83 Å². The van der Waals surface area contributed by atoms with Crippen molar-refractivity contribution in [3.8, 4) is 62.1 Å². The number of furan rings is 2. The Morgan fingerprint density at radius 1 is 0.317 bits per heavy atom. The van der Waals surface area contributed by atoms with E-state index in [1.54, 1.807) is 0 Å². The van der Waals surface area contributed by atoms with Crippen LogP contribution in [0.15, 0.2) is 215 Å². The monoisotopic (exact) mass is 806 g/mol. The molecule has 0 aliphatic heterocycles. The van der Waals surface area contributed by atoms with Crippen molar-refractivity contribution in [2.75, 3.05) is 0 Å². The van der Waals surface area contributed by atoms with Gasteiger partial charge in [0.2, 0.25) is 0 Å². The summed E-state index contributed by atoms with van der Waals surface area (Å²) >= 11 is 0. The van der Waals surface area contributed by atoms with Crippen LogP contribution in [0.5, 0.6) is 0 Å². The second-order valence-electron chi connectivity index (χ2n) is 15.9. The van der Waals surface area contributed by atoms with Gasteiger partial charge in [0.25, 0.3) is 0 Å². The Labute approximate surface area is 361 Å². The normalized spacial score (nSPS) is 11.8. The summed E-state index contributed by atoms with van der Waals surface area (Å²) in [4.78, 5) is 15.6. The van der Waals surface area contributed by atoms with E-state index in [9.17, 15) is 0 Å². The van der Waals surface area contributed by atoms with E-state index in [0.29, 0.717) is 17.5 Å². The van der Waals surface area contributed by atoms with Crippen LogP contribution in [-0.4, -0.2) is 19.5 Å². The predicted molar refractivity (Wildman–Crippen MR) is 256 cm³/mol. The van der Waals surface area contributed by atoms with Gasteiger partial charge < -0.3 is 13.4 Å². The summed E-state index contributed by atoms with van der Waals surface area (Å²) in [5, 5.41) is 6.45. The number of hydrogen-bond donors (Lipinski definition) is 0. The molecule has 0 amide bonds. The van der Waals surface area contributed by atoms with Gasteiger partial charge in [0.05, 0.1) is 11.0 Å². The van der Waals surface area contributed by atoms with E-state index < -0.39 is 0 Å². The van der Waals surface area contributed by atoms with Crippen molar-refractivity contribution in [3.63, 3.8) is 0 Å². The van der Waals surface area contributed by atoms with Gasteiger partial charge in [-0.2, -0.15) is 0 Å². The molecular weight excluding hydrogens is 773 g/mol. The summed E-state index contributed by atoms with van der Waals surface area (Å²) in [7, 11) is 0. The van der Waals surface area contributed by atoms with Crippen LogP contribution in [0.25, 0.3) is 128 Å². The first-order chi connectivity index (χ1) is 31.2. The lowest BCUT2D eigenvalue weighted by atomic mass is 9.96. The molecule has 0 aliphatic rings. The zero-order valence-electron chi connectivity index (χ0n) is 33.7. The third-order valence-corrected chi connectivity index (χ3v) is 12.3. The van der Waals surface area contributed by atoms with Gasteiger partial charge in [-0.05, 0) is 71.3 Å². The number of benzene rings is 9. The second kappa shape index (κ2) is 14.0. The number of rotatable bonds is 6. The summed E-state index contributed by atoms with van der Waals surface area (Å²) in [6.45, 7) is 0. The third-order valence-electron chi connectivity index (χ3n) is 12.3. The smallest absolute Gasteiger partial charge is 0.164 e. The molecule has 6 heteroatoms. The first-order valence-corrected chi connectivity index (χ1v) is 21.1. The first kappa shape index (κ1) is 35.2. The van der Waals surface area contributed by atoms with Crippen LogP contribution in [0.4, 0.5) is 0 Å². The van der Waals surface area contributed by atoms with E-state index >= 15 is 0 Å². The summed E-state index contributed by atoms with van der Waals surface area (Å²) < 4.78 is 15.7. The Morgan fingerprint density at radius 3 is 1.75 bits per heavy atom. The molecular formula is C57H34N4O2. The lowest BCUT2D eigenvalue weighted by molar-refractivity contribution is 0.669. The molecule has 0 atom stereocenters. The minimum Gasteiger partial charge on any atom is -0.456 e. The average molecular weight is 807 g/mol. The Morgan fingerprint density at radius 2 is 0.921 bits per heavy atom. The maximum absolute atomic E-state index is 6.86. The molecule has 6 nitrogen and oxygen atoms in total. The standard InChI is InChI=1S/C57H34N4O2/c1-4-16-35(17-5-1)45-33-38(34-51-52(45)42-23-11-13-28-49(42)62-51)56-58-55(36-18-6-2-7-19-36)59-57(60-56)44-26-15-29-50-53(44)43-25-14-24-40(54(43)63-50)37-30-31-48-46(32-37)41-22-10-12-27-47(41)61(48)39-20-8-3-9-21-39/h1-34H. The Balaban J connectivity index is 1.01. The van der Waals surface area contributed by atoms with Crippen molar-refractivity contribution in [1.82, 2.24) is 19.5 Å². The van der Waals surface area contributed by atoms with Gasteiger partial charge in [-0.3, -0.25) is 0 Å². The lowest BCUT2D eigenvalue weighted by Gasteiger charge is -2.11. The average Bonchev–Trinajstić information content (AvgIpc) is 4.04. The molecule has 0 saturated heterocycles. The molecule has 13 rings (SSSR count). The van der Waals surface area contributed by atoms with Crippen LogP contribution in [0, 0.1) is 0 Å². The molecule has 13 aromatic rings. The molecule has 4 aromatic heterocycles. The van der Waals surface area contributed by atoms with E-state index in [2.05, 4.69) is 150 Å². The summed E-state index contributed by atoms with van der Waals surface area (Å²) in [6.07, 6.45) is 0. The van der Waals surface area contributed by atoms with Crippen molar-refractivity contribution in [3.05, 3.63) is 206 Å². The maximum atomic E-state index is 6.86. The van der Waals surface area contributed by atoms with Gasteiger partial charge in [-0.15, -0.1) is 0 Å². The maximum Gasteiger partial charge on any atom is 0.164 e. The van der Waals surface area contributed by atoms with Crippen LogP contribution in [-0.2, 0) is 0 Å². The Hall–Kier alpha value is -8.61. The molecule has 0 aliphatic carbocycles. The van der Waals surface area contributed by atoms with Crippen molar-refractivity contribution in [1.29, 1.82) is 0 Å². The van der Waals surface area contributed by atoms with E-state index in [1.807, 2.05) is 60.7 Å². The van der Waals surface area contributed by atoms with E-state index in [0.717, 1.165) is 94.0 Å². The molecule has 0 fully saturated rings. The molecule has 0 unspecified atom stereocenters. The fourth-order valence-corrected chi connectivity index (χ4v) is 9.43. The van der Waals surface area contributed by atoms with Gasteiger partial charge in [0.15, 0.2) is 17.5 Å². The van der Waals surface area contributed by atoms with E-state index in [1.165, 1.54) is 16.3 Å². The molecule has 9 aromatic carbocycles. The van der Waals surface area contributed by atoms with Gasteiger partial charge in [0.1, 0.15) is 22.3 Å². The van der Waals surface area contributed by atoms with Crippen molar-refractivity contribution >= 4 is 65.7 Å². The highest BCUT2D eigenvalue weighted by Gasteiger charge is 2.22. The molecule has 0 bridgehead atoms. The van der Waals surface area contributed by atoms with E-state index in [-0.39, 0.29) is 0 Å². The number of hydrogen-bond acceptors (Lipinski definition) is 5. The van der Waals surface area contributed by atoms with Gasteiger partial charge in [0, 0.05) is 60.3 Å². The zero-order valence-corrected chi connectivity index (χ0v) is 33.7. The van der Waals surface area contributed by atoms with Gasteiger partial charge in [-0.25, -0.2) is 15.0 Å². The molecule has 0 radical (unpaired) electrons. The summed E-state index contributed by atoms with van der Waals surface area (Å²) in [5.41, 5.74) is 13.4. The first-order valence-electron chi connectivity index (χ1n) is 21.1. The fourth-order valence-electron chi connectivity index (χ4n) is 9.43. The Bertz CT molecular complexity index is 3900. The SMILES string of the molecule is c1ccc(-c2nc(-c3cc(-c4ccccc4)c4c(c3)oc3ccccc34)nc(-c3cccc4oc5c(-c6ccc7c(c6)c6ccccc6n7-c6ccccc6)cccc5c34)n2)cc1. The quantitative estimate of drug-likeness (QED) is 0.167. The van der Waals surface area contributed by atoms with Gasteiger partial charge >= 0.3 is 0 Å². The molecule has 0 spiro atoms. The number of fused-ring (bicyclic) bond motifs is 9. The largest absolute Gasteiger partial charge is 0.456 e. The highest BCUT2D eigenvalue weighted by Crippen LogP contribution is 2.43. The van der Waals surface area contributed by atoms with Crippen LogP contribution in [0.1, 0.15) is 0 Å². The third kappa shape index (κ3) is 5.62. The van der Waals surface area contributed by atoms with Crippen LogP contribution >= 0.6 is 0 Å². The lowest BCUT2D eigenvalue weighted by Crippen LogP contribution is -2.00. The predicted octanol–water partition coefficient (Wildman–Crippen LogP) is 15.1. The summed E-state index contributed by atoms with van der Waals surface area (Å²) in [6, 6.07) is 71.4. The second-order valence-corrected chi connectivity index (χ2v) is 15.9. The van der Waals surface area contributed by atoms with Crippen molar-refractivity contribution in [2.45, 2.75) is 0 Å². The minimum absolute atomic E-state index is 0.548. The summed E-state index contributed by atoms with van der Waals surface area (Å²) in [5.74, 6) is 1.68. The number of nitrogens with zero attached hydrogens (tertiary/aromatic N) is 4. The minimum atomic E-state index is 0.548. The molecule has 4 heterocycles. The fraction of sp³-hybridized carbons (Fsp3) is 0. The van der Waals surface area contributed by atoms with Crippen LogP contribution < -0.4 is 0 Å². The topological polar surface area (TPSA) is 69.9 Å². The number of para-hydroxylation sites is 4. The molecule has 0 saturated carbocycles. The molecule has 63 heavy (non-hydrogen) atoms. The van der Waals surface area contributed by atoms with Crippen LogP contribution in [0.2, 0.25) is 0 Å².